The summed E-state index contributed by atoms with van der Waals surface area (Å²) in [6.07, 6.45) is -0.106. The predicted molar refractivity (Wildman–Crippen MR) is 118 cm³/mol. The van der Waals surface area contributed by atoms with Gasteiger partial charge < -0.3 is 4.84 Å². The maximum absolute atomic E-state index is 12.7. The third-order valence-corrected chi connectivity index (χ3v) is 6.71. The monoisotopic (exact) mass is 446 g/mol. The minimum Gasteiger partial charge on any atom is -0.329 e. The van der Waals surface area contributed by atoms with E-state index in [4.69, 9.17) is 9.82 Å². The fourth-order valence-electron chi connectivity index (χ4n) is 3.30. The zero-order chi connectivity index (χ0) is 21.4. The molecule has 8 heteroatoms. The molecule has 0 N–H and O–H groups in total. The van der Waals surface area contributed by atoms with Gasteiger partial charge in [-0.15, -0.1) is 22.7 Å². The molecule has 3 heterocycles. The van der Waals surface area contributed by atoms with Crippen molar-refractivity contribution in [1.82, 2.24) is 10.0 Å². The number of imide groups is 1. The largest absolute Gasteiger partial charge is 0.338 e. The molecule has 0 saturated carbocycles. The van der Waals surface area contributed by atoms with Crippen LogP contribution in [0.3, 0.4) is 0 Å². The molecule has 1 aliphatic heterocycles. The molecule has 0 spiro atoms. The summed E-state index contributed by atoms with van der Waals surface area (Å²) in [5.74, 6) is -1.97. The van der Waals surface area contributed by atoms with Gasteiger partial charge in [0, 0.05) is 10.4 Å². The molecule has 0 saturated heterocycles. The first-order valence-corrected chi connectivity index (χ1v) is 11.1. The second kappa shape index (κ2) is 7.90. The first-order valence-electron chi connectivity index (χ1n) is 9.39. The zero-order valence-electron chi connectivity index (χ0n) is 16.0. The lowest BCUT2D eigenvalue weighted by Crippen LogP contribution is -2.33. The molecule has 2 aromatic heterocycles. The second-order valence-electron chi connectivity index (χ2n) is 6.72. The Morgan fingerprint density at radius 2 is 1.58 bits per heavy atom. The Morgan fingerprint density at radius 3 is 2.23 bits per heavy atom. The number of nitrogens with zero attached hydrogens (tertiary/aromatic N) is 2. The Hall–Kier alpha value is -3.62. The highest BCUT2D eigenvalue weighted by Crippen LogP contribution is 2.36. The van der Waals surface area contributed by atoms with E-state index in [-0.39, 0.29) is 17.5 Å². The summed E-state index contributed by atoms with van der Waals surface area (Å²) in [5.41, 5.74) is 2.11. The predicted octanol–water partition coefficient (Wildman–Crippen LogP) is 4.84. The van der Waals surface area contributed by atoms with Crippen LogP contribution in [0, 0.1) is 0 Å². The number of fused-ring (bicyclic) bond motifs is 1. The lowest BCUT2D eigenvalue weighted by atomic mass is 10.1. The van der Waals surface area contributed by atoms with E-state index < -0.39 is 17.8 Å². The molecule has 0 atom stereocenters. The Labute approximate surface area is 185 Å². The van der Waals surface area contributed by atoms with Crippen LogP contribution in [0.1, 0.15) is 25.6 Å². The average molecular weight is 447 g/mol. The van der Waals surface area contributed by atoms with Crippen molar-refractivity contribution in [3.8, 4) is 21.1 Å². The van der Waals surface area contributed by atoms with Crippen LogP contribution in [0.2, 0.25) is 0 Å². The third kappa shape index (κ3) is 3.56. The van der Waals surface area contributed by atoms with E-state index in [0.717, 1.165) is 15.4 Å². The van der Waals surface area contributed by atoms with E-state index >= 15 is 0 Å². The standard InChI is InChI=1S/C23H14N2O4S2/c26-19(29-25-22(27)15-9-4-5-10-16(15)23(25)28)13-18-20(17-11-6-12-30-17)24-21(31-18)14-7-2-1-3-8-14/h1-12H,13H2. The molecule has 0 aliphatic carbocycles. The number of aromatic nitrogens is 1. The Morgan fingerprint density at radius 1 is 0.903 bits per heavy atom. The van der Waals surface area contributed by atoms with Gasteiger partial charge in [0.25, 0.3) is 11.8 Å². The molecule has 0 unspecified atom stereocenters. The van der Waals surface area contributed by atoms with Gasteiger partial charge in [-0.3, -0.25) is 9.59 Å². The van der Waals surface area contributed by atoms with Gasteiger partial charge in [0.1, 0.15) is 5.01 Å². The first kappa shape index (κ1) is 19.3. The lowest BCUT2D eigenvalue weighted by molar-refractivity contribution is -0.167. The third-order valence-electron chi connectivity index (χ3n) is 4.73. The fraction of sp³-hybridized carbons (Fsp3) is 0.0435. The molecule has 0 fully saturated rings. The van der Waals surface area contributed by atoms with E-state index in [0.29, 0.717) is 15.6 Å². The Balaban J connectivity index is 1.41. The van der Waals surface area contributed by atoms with Crippen molar-refractivity contribution in [3.05, 3.63) is 88.1 Å². The van der Waals surface area contributed by atoms with Gasteiger partial charge in [0.2, 0.25) is 0 Å². The van der Waals surface area contributed by atoms with Crippen molar-refractivity contribution in [2.45, 2.75) is 6.42 Å². The number of hydrogen-bond acceptors (Lipinski definition) is 7. The summed E-state index contributed by atoms with van der Waals surface area (Å²) < 4.78 is 0. The molecule has 0 bridgehead atoms. The summed E-state index contributed by atoms with van der Waals surface area (Å²) in [7, 11) is 0. The molecule has 5 rings (SSSR count). The van der Waals surface area contributed by atoms with Crippen LogP contribution < -0.4 is 0 Å². The van der Waals surface area contributed by atoms with E-state index in [9.17, 15) is 14.4 Å². The van der Waals surface area contributed by atoms with Gasteiger partial charge in [-0.05, 0) is 23.6 Å². The van der Waals surface area contributed by atoms with Crippen molar-refractivity contribution in [3.63, 3.8) is 0 Å². The van der Waals surface area contributed by atoms with E-state index in [1.807, 2.05) is 47.8 Å². The average Bonchev–Trinajstić information content (AvgIpc) is 3.51. The zero-order valence-corrected chi connectivity index (χ0v) is 17.6. The molecule has 31 heavy (non-hydrogen) atoms. The molecule has 4 aromatic rings. The maximum Gasteiger partial charge on any atom is 0.338 e. The number of hydroxylamine groups is 2. The van der Waals surface area contributed by atoms with Gasteiger partial charge in [-0.25, -0.2) is 9.78 Å². The van der Waals surface area contributed by atoms with Gasteiger partial charge >= 0.3 is 5.97 Å². The van der Waals surface area contributed by atoms with Gasteiger partial charge in [0.15, 0.2) is 0 Å². The number of carbonyl (C=O) groups excluding carboxylic acids is 3. The molecule has 152 valence electrons. The number of hydrogen-bond donors (Lipinski definition) is 0. The molecular formula is C23H14N2O4S2. The van der Waals surface area contributed by atoms with Crippen molar-refractivity contribution in [1.29, 1.82) is 0 Å². The van der Waals surface area contributed by atoms with E-state index in [1.165, 1.54) is 34.8 Å². The normalized spacial score (nSPS) is 12.8. The number of rotatable bonds is 5. The molecule has 1 aliphatic rings. The highest BCUT2D eigenvalue weighted by molar-refractivity contribution is 7.17. The number of benzene rings is 2. The summed E-state index contributed by atoms with van der Waals surface area (Å²) in [6, 6.07) is 19.9. The number of thiazole rings is 1. The highest BCUT2D eigenvalue weighted by atomic mass is 32.1. The topological polar surface area (TPSA) is 76.6 Å². The number of thiophene rings is 1. The fourth-order valence-corrected chi connectivity index (χ4v) is 5.17. The lowest BCUT2D eigenvalue weighted by Gasteiger charge is -2.12. The van der Waals surface area contributed by atoms with E-state index in [2.05, 4.69) is 0 Å². The van der Waals surface area contributed by atoms with Crippen LogP contribution in [0.25, 0.3) is 21.1 Å². The molecule has 0 radical (unpaired) electrons. The number of carbonyl (C=O) groups is 3. The van der Waals surface area contributed by atoms with Crippen molar-refractivity contribution < 1.29 is 19.2 Å². The van der Waals surface area contributed by atoms with Crippen LogP contribution in [-0.2, 0) is 16.1 Å². The smallest absolute Gasteiger partial charge is 0.329 e. The second-order valence-corrected chi connectivity index (χ2v) is 8.76. The van der Waals surface area contributed by atoms with Crippen molar-refractivity contribution in [2.75, 3.05) is 0 Å². The quantitative estimate of drug-likeness (QED) is 0.410. The SMILES string of the molecule is O=C(Cc1sc(-c2ccccc2)nc1-c1cccs1)ON1C(=O)c2ccccc2C1=O. The summed E-state index contributed by atoms with van der Waals surface area (Å²) in [4.78, 5) is 49.2. The van der Waals surface area contributed by atoms with Crippen molar-refractivity contribution in [2.24, 2.45) is 0 Å². The molecule has 2 aromatic carbocycles. The van der Waals surface area contributed by atoms with E-state index in [1.54, 1.807) is 12.1 Å². The van der Waals surface area contributed by atoms with Crippen molar-refractivity contribution >= 4 is 40.5 Å². The maximum atomic E-state index is 12.7. The van der Waals surface area contributed by atoms with Crippen LogP contribution >= 0.6 is 22.7 Å². The summed E-state index contributed by atoms with van der Waals surface area (Å²) in [6.45, 7) is 0. The van der Waals surface area contributed by atoms with Gasteiger partial charge in [-0.2, -0.15) is 0 Å². The molecule has 2 amide bonds. The summed E-state index contributed by atoms with van der Waals surface area (Å²) >= 11 is 2.92. The van der Waals surface area contributed by atoms with Crippen LogP contribution in [0.15, 0.2) is 72.1 Å². The van der Waals surface area contributed by atoms with Crippen LogP contribution in [-0.4, -0.2) is 27.8 Å². The molecule has 6 nitrogen and oxygen atoms in total. The highest BCUT2D eigenvalue weighted by Gasteiger charge is 2.38. The number of amides is 2. The van der Waals surface area contributed by atoms with Gasteiger partial charge in [-0.1, -0.05) is 53.6 Å². The summed E-state index contributed by atoms with van der Waals surface area (Å²) in [5, 5.41) is 3.27. The Kier molecular flexibility index (Phi) is 4.93. The minimum absolute atomic E-state index is 0.106. The molecular weight excluding hydrogens is 432 g/mol. The first-order chi connectivity index (χ1) is 15.1. The minimum atomic E-state index is -0.699. The van der Waals surface area contributed by atoms with Crippen LogP contribution in [0.5, 0.6) is 0 Å². The van der Waals surface area contributed by atoms with Crippen LogP contribution in [0.4, 0.5) is 0 Å². The van der Waals surface area contributed by atoms with Gasteiger partial charge in [0.05, 0.1) is 28.1 Å². The Bertz CT molecular complexity index is 1260.